The minimum atomic E-state index is 0.197. The van der Waals surface area contributed by atoms with Crippen molar-refractivity contribution in [3.05, 3.63) is 0 Å². The number of hydrogen-bond acceptors (Lipinski definition) is 2. The Morgan fingerprint density at radius 2 is 1.65 bits per heavy atom. The molecule has 2 nitrogen and oxygen atoms in total. The van der Waals surface area contributed by atoms with Gasteiger partial charge in [-0.2, -0.15) is 4.89 Å². The molecule has 2 aliphatic rings. The van der Waals surface area contributed by atoms with Gasteiger partial charge in [0.25, 0.3) is 0 Å². The van der Waals surface area contributed by atoms with Gasteiger partial charge in [-0.15, -0.1) is 0 Å². The third-order valence-electron chi connectivity index (χ3n) is 4.67. The van der Waals surface area contributed by atoms with Crippen molar-refractivity contribution < 1.29 is 9.78 Å². The topological polar surface area (TPSA) is 18.5 Å². The molecule has 0 aromatic carbocycles. The van der Waals surface area contributed by atoms with E-state index in [-0.39, 0.29) is 6.10 Å². The molecule has 0 radical (unpaired) electrons. The monoisotopic (exact) mass is 236 g/mol. The zero-order valence-corrected chi connectivity index (χ0v) is 11.2. The number of terminal acetylenes is 1. The average molecular weight is 236 g/mol. The number of rotatable bonds is 2. The maximum absolute atomic E-state index is 5.44. The molecule has 17 heavy (non-hydrogen) atoms. The smallest absolute Gasteiger partial charge is 0.153 e. The molecule has 0 aromatic heterocycles. The zero-order chi connectivity index (χ0) is 12.4. The van der Waals surface area contributed by atoms with Crippen LogP contribution in [0.5, 0.6) is 0 Å². The SMILES string of the molecule is C#COOC1CC(C)CC2CC(C)CC(C)C21. The molecular weight excluding hydrogens is 212 g/mol. The highest BCUT2D eigenvalue weighted by molar-refractivity contribution is 4.92. The van der Waals surface area contributed by atoms with E-state index in [9.17, 15) is 0 Å². The minimum absolute atomic E-state index is 0.197. The second-order valence-electron chi connectivity index (χ2n) is 6.30. The maximum Gasteiger partial charge on any atom is 0.153 e. The molecule has 0 saturated heterocycles. The summed E-state index contributed by atoms with van der Waals surface area (Å²) in [6.07, 6.45) is 12.5. The van der Waals surface area contributed by atoms with Crippen LogP contribution < -0.4 is 0 Å². The Labute approximate surface area is 105 Å². The predicted molar refractivity (Wildman–Crippen MR) is 67.7 cm³/mol. The number of fused-ring (bicyclic) bond motifs is 1. The quantitative estimate of drug-likeness (QED) is 0.414. The normalized spacial score (nSPS) is 45.8. The summed E-state index contributed by atoms with van der Waals surface area (Å²) in [5.41, 5.74) is 0. The molecule has 96 valence electrons. The molecule has 2 aliphatic carbocycles. The van der Waals surface area contributed by atoms with Crippen LogP contribution in [-0.4, -0.2) is 6.10 Å². The molecule has 0 N–H and O–H groups in total. The van der Waals surface area contributed by atoms with Crippen LogP contribution in [0.15, 0.2) is 0 Å². The molecule has 0 aromatic rings. The summed E-state index contributed by atoms with van der Waals surface area (Å²) in [7, 11) is 0. The summed E-state index contributed by atoms with van der Waals surface area (Å²) in [4.78, 5) is 10.2. The van der Waals surface area contributed by atoms with Crippen molar-refractivity contribution in [3.63, 3.8) is 0 Å². The number of hydrogen-bond donors (Lipinski definition) is 0. The second-order valence-corrected chi connectivity index (χ2v) is 6.30. The van der Waals surface area contributed by atoms with Crippen molar-refractivity contribution in [1.29, 1.82) is 0 Å². The van der Waals surface area contributed by atoms with Gasteiger partial charge in [-0.25, -0.2) is 0 Å². The molecule has 2 saturated carbocycles. The van der Waals surface area contributed by atoms with Crippen molar-refractivity contribution in [2.24, 2.45) is 29.6 Å². The van der Waals surface area contributed by atoms with Gasteiger partial charge in [0, 0.05) is 0 Å². The lowest BCUT2D eigenvalue weighted by Crippen LogP contribution is -2.44. The van der Waals surface area contributed by atoms with Gasteiger partial charge < -0.3 is 0 Å². The van der Waals surface area contributed by atoms with Crippen molar-refractivity contribution in [3.8, 4) is 12.5 Å². The van der Waals surface area contributed by atoms with Gasteiger partial charge >= 0.3 is 0 Å². The fraction of sp³-hybridized carbons (Fsp3) is 0.867. The molecule has 6 atom stereocenters. The van der Waals surface area contributed by atoms with Crippen molar-refractivity contribution >= 4 is 0 Å². The third-order valence-corrected chi connectivity index (χ3v) is 4.67. The molecular formula is C15H24O2. The lowest BCUT2D eigenvalue weighted by molar-refractivity contribution is -0.303. The van der Waals surface area contributed by atoms with Crippen LogP contribution in [-0.2, 0) is 9.78 Å². The third kappa shape index (κ3) is 2.77. The molecule has 0 amide bonds. The van der Waals surface area contributed by atoms with Crippen LogP contribution >= 0.6 is 0 Å². The fourth-order valence-corrected chi connectivity index (χ4v) is 4.31. The zero-order valence-electron chi connectivity index (χ0n) is 11.2. The van der Waals surface area contributed by atoms with Crippen molar-refractivity contribution in [1.82, 2.24) is 0 Å². The lowest BCUT2D eigenvalue weighted by atomic mass is 9.60. The first-order chi connectivity index (χ1) is 8.11. The van der Waals surface area contributed by atoms with E-state index in [1.165, 1.54) is 19.3 Å². The van der Waals surface area contributed by atoms with Crippen molar-refractivity contribution in [2.75, 3.05) is 0 Å². The van der Waals surface area contributed by atoms with Crippen LogP contribution in [0, 0.1) is 42.1 Å². The van der Waals surface area contributed by atoms with Gasteiger partial charge in [-0.05, 0) is 55.3 Å². The molecule has 0 heterocycles. The Kier molecular flexibility index (Phi) is 3.99. The molecule has 0 aliphatic heterocycles. The van der Waals surface area contributed by atoms with Crippen LogP contribution in [0.25, 0.3) is 0 Å². The highest BCUT2D eigenvalue weighted by atomic mass is 17.2. The summed E-state index contributed by atoms with van der Waals surface area (Å²) in [6, 6.07) is 0. The predicted octanol–water partition coefficient (Wildman–Crippen LogP) is 3.62. The van der Waals surface area contributed by atoms with Gasteiger partial charge in [0.2, 0.25) is 0 Å². The molecule has 0 spiro atoms. The minimum Gasteiger partial charge on any atom is -0.282 e. The van der Waals surface area contributed by atoms with E-state index in [1.54, 1.807) is 0 Å². The highest BCUT2D eigenvalue weighted by Gasteiger charge is 2.44. The summed E-state index contributed by atoms with van der Waals surface area (Å²) in [5, 5.41) is 0. The Bertz CT molecular complexity index is 292. The van der Waals surface area contributed by atoms with Gasteiger partial charge in [-0.3, -0.25) is 4.89 Å². The lowest BCUT2D eigenvalue weighted by Gasteiger charge is -2.47. The highest BCUT2D eigenvalue weighted by Crippen LogP contribution is 2.48. The molecule has 2 rings (SSSR count). The van der Waals surface area contributed by atoms with Crippen molar-refractivity contribution in [2.45, 2.75) is 52.6 Å². The van der Waals surface area contributed by atoms with Gasteiger partial charge in [-0.1, -0.05) is 27.2 Å². The first-order valence-electron chi connectivity index (χ1n) is 6.89. The largest absolute Gasteiger partial charge is 0.282 e. The Balaban J connectivity index is 2.08. The van der Waals surface area contributed by atoms with Gasteiger partial charge in [0.05, 0.1) is 0 Å². The van der Waals surface area contributed by atoms with E-state index in [0.29, 0.717) is 5.92 Å². The molecule has 0 bridgehead atoms. The summed E-state index contributed by atoms with van der Waals surface area (Å²) in [6.45, 7) is 7.04. The van der Waals surface area contributed by atoms with E-state index in [4.69, 9.17) is 16.2 Å². The van der Waals surface area contributed by atoms with Crippen LogP contribution in [0.1, 0.15) is 46.5 Å². The van der Waals surface area contributed by atoms with E-state index >= 15 is 0 Å². The Hall–Kier alpha value is -0.680. The Morgan fingerprint density at radius 1 is 1.00 bits per heavy atom. The van der Waals surface area contributed by atoms with Crippen LogP contribution in [0.2, 0.25) is 0 Å². The first kappa shape index (κ1) is 12.8. The standard InChI is InChI=1S/C15H24O2/c1-5-16-17-14-9-11(3)8-13-7-10(2)6-12(4)15(13)14/h1,10-15H,6-9H2,2-4H3. The summed E-state index contributed by atoms with van der Waals surface area (Å²) < 4.78 is 0. The summed E-state index contributed by atoms with van der Waals surface area (Å²) in [5.74, 6) is 3.73. The second kappa shape index (κ2) is 5.31. The van der Waals surface area contributed by atoms with E-state index in [0.717, 1.165) is 30.1 Å². The van der Waals surface area contributed by atoms with Gasteiger partial charge in [0.15, 0.2) is 6.11 Å². The fourth-order valence-electron chi connectivity index (χ4n) is 4.31. The average Bonchev–Trinajstić information content (AvgIpc) is 2.24. The van der Waals surface area contributed by atoms with Crippen LogP contribution in [0.4, 0.5) is 0 Å². The van der Waals surface area contributed by atoms with E-state index in [1.807, 2.05) is 0 Å². The first-order valence-corrected chi connectivity index (χ1v) is 6.89. The molecule has 6 unspecified atom stereocenters. The van der Waals surface area contributed by atoms with E-state index < -0.39 is 0 Å². The maximum atomic E-state index is 5.44. The van der Waals surface area contributed by atoms with Gasteiger partial charge in [0.1, 0.15) is 6.10 Å². The van der Waals surface area contributed by atoms with E-state index in [2.05, 4.69) is 26.9 Å². The molecule has 2 fully saturated rings. The summed E-state index contributed by atoms with van der Waals surface area (Å²) >= 11 is 0. The Morgan fingerprint density at radius 3 is 2.29 bits per heavy atom. The molecule has 2 heteroatoms. The van der Waals surface area contributed by atoms with Crippen LogP contribution in [0.3, 0.4) is 0 Å².